The van der Waals surface area contributed by atoms with Crippen LogP contribution >= 0.6 is 0 Å². The molecule has 4 saturated carbocycles. The third-order valence-electron chi connectivity index (χ3n) is 15.0. The number of hydrogen-bond donors (Lipinski definition) is 3. The molecule has 0 aromatic heterocycles. The van der Waals surface area contributed by atoms with Crippen LogP contribution in [0.4, 0.5) is 0 Å². The number of fused-ring (bicyclic) bond motifs is 7. The lowest BCUT2D eigenvalue weighted by Crippen LogP contribution is -2.68. The predicted octanol–water partition coefficient (Wildman–Crippen LogP) is 8.12. The van der Waals surface area contributed by atoms with Gasteiger partial charge < -0.3 is 15.7 Å². The number of amides is 1. The van der Waals surface area contributed by atoms with Crippen molar-refractivity contribution in [2.75, 3.05) is 13.6 Å². The molecule has 0 bridgehead atoms. The SMILES string of the molecule is C=C(C)C1CCC2(NCC(=O)NC)CCC3(C)C(CCC4C5(C)CC=C(c6ccc(C(=O)O)cc6)C(C)(C)C5CCC43C)C12. The van der Waals surface area contributed by atoms with Gasteiger partial charge in [0.15, 0.2) is 0 Å². The van der Waals surface area contributed by atoms with E-state index in [-0.39, 0.29) is 33.1 Å². The molecule has 5 nitrogen and oxygen atoms in total. The number of rotatable bonds is 6. The molecule has 0 aliphatic heterocycles. The third-order valence-corrected chi connectivity index (χ3v) is 15.0. The van der Waals surface area contributed by atoms with Gasteiger partial charge >= 0.3 is 5.97 Å². The average Bonchev–Trinajstić information content (AvgIpc) is 3.36. The van der Waals surface area contributed by atoms with E-state index in [1.54, 1.807) is 19.2 Å². The van der Waals surface area contributed by atoms with Gasteiger partial charge in [0.05, 0.1) is 12.1 Å². The van der Waals surface area contributed by atoms with Crippen LogP contribution in [0.25, 0.3) is 5.57 Å². The van der Waals surface area contributed by atoms with Crippen molar-refractivity contribution in [3.63, 3.8) is 0 Å². The zero-order valence-electron chi connectivity index (χ0n) is 28.3. The van der Waals surface area contributed by atoms with E-state index >= 15 is 0 Å². The lowest BCUT2D eigenvalue weighted by atomic mass is 9.33. The van der Waals surface area contributed by atoms with E-state index in [0.29, 0.717) is 41.7 Å². The summed E-state index contributed by atoms with van der Waals surface area (Å²) in [5.41, 5.74) is 5.03. The van der Waals surface area contributed by atoms with E-state index in [4.69, 9.17) is 0 Å². The highest BCUT2D eigenvalue weighted by atomic mass is 16.4. The maximum Gasteiger partial charge on any atom is 0.335 e. The number of carbonyl (C=O) groups is 2. The fourth-order valence-corrected chi connectivity index (χ4v) is 12.7. The summed E-state index contributed by atoms with van der Waals surface area (Å²) in [7, 11) is 1.74. The van der Waals surface area contributed by atoms with Gasteiger partial charge in [0.1, 0.15) is 0 Å². The third kappa shape index (κ3) is 4.34. The molecule has 0 saturated heterocycles. The Hall–Kier alpha value is -2.40. The predicted molar refractivity (Wildman–Crippen MR) is 178 cm³/mol. The Morgan fingerprint density at radius 1 is 0.909 bits per heavy atom. The molecule has 44 heavy (non-hydrogen) atoms. The number of aromatic carboxylic acids is 1. The second kappa shape index (κ2) is 10.6. The molecule has 1 aromatic carbocycles. The van der Waals surface area contributed by atoms with Crippen molar-refractivity contribution in [2.24, 2.45) is 51.2 Å². The van der Waals surface area contributed by atoms with E-state index in [9.17, 15) is 14.7 Å². The lowest BCUT2D eigenvalue weighted by Gasteiger charge is -2.72. The van der Waals surface area contributed by atoms with E-state index in [1.807, 2.05) is 12.1 Å². The van der Waals surface area contributed by atoms with Crippen molar-refractivity contribution in [3.8, 4) is 0 Å². The highest BCUT2D eigenvalue weighted by molar-refractivity contribution is 5.88. The number of allylic oxidation sites excluding steroid dienone is 3. The highest BCUT2D eigenvalue weighted by Crippen LogP contribution is 2.76. The number of likely N-dealkylation sites (N-methyl/N-ethyl adjacent to an activating group) is 1. The molecular formula is C39H56N2O3. The molecule has 5 heteroatoms. The normalized spacial score (nSPS) is 42.2. The first-order valence-electron chi connectivity index (χ1n) is 17.3. The van der Waals surface area contributed by atoms with Crippen LogP contribution < -0.4 is 10.6 Å². The Kier molecular flexibility index (Phi) is 7.59. The van der Waals surface area contributed by atoms with Gasteiger partial charge in [-0.05, 0) is 139 Å². The van der Waals surface area contributed by atoms with Gasteiger partial charge in [-0.3, -0.25) is 4.79 Å². The standard InChI is InChI=1S/C39H56N2O3/c1-24(2)27-15-20-39(41-23-32(42)40-8)22-21-37(6)29(33(27)39)13-14-31-36(5)18-16-28(25-9-11-26(12-10-25)34(43)44)35(3,4)30(36)17-19-38(31,37)7/h9-12,16,27,29-31,33,41H,1,13-15,17-23H2,2-8H3,(H,40,42)(H,43,44). The monoisotopic (exact) mass is 600 g/mol. The summed E-state index contributed by atoms with van der Waals surface area (Å²) in [5, 5.41) is 16.1. The van der Waals surface area contributed by atoms with Crippen molar-refractivity contribution in [3.05, 3.63) is 53.6 Å². The van der Waals surface area contributed by atoms with Gasteiger partial charge in [-0.25, -0.2) is 4.79 Å². The second-order valence-electron chi connectivity index (χ2n) is 16.8. The summed E-state index contributed by atoms with van der Waals surface area (Å²) in [5.74, 6) is 2.15. The topological polar surface area (TPSA) is 78.4 Å². The van der Waals surface area contributed by atoms with Crippen molar-refractivity contribution in [1.82, 2.24) is 10.6 Å². The fraction of sp³-hybridized carbons (Fsp3) is 0.692. The van der Waals surface area contributed by atoms with Crippen LogP contribution in [0.1, 0.15) is 115 Å². The summed E-state index contributed by atoms with van der Waals surface area (Å²) < 4.78 is 0. The maximum atomic E-state index is 12.4. The summed E-state index contributed by atoms with van der Waals surface area (Å²) in [4.78, 5) is 23.9. The highest BCUT2D eigenvalue weighted by Gasteiger charge is 2.70. The first-order valence-corrected chi connectivity index (χ1v) is 17.3. The molecule has 1 aromatic rings. The van der Waals surface area contributed by atoms with Gasteiger partial charge in [-0.1, -0.05) is 65.0 Å². The molecular weight excluding hydrogens is 544 g/mol. The van der Waals surface area contributed by atoms with Crippen LogP contribution in [-0.2, 0) is 4.79 Å². The van der Waals surface area contributed by atoms with Crippen LogP contribution in [0, 0.1) is 51.2 Å². The second-order valence-corrected chi connectivity index (χ2v) is 16.8. The number of nitrogens with one attached hydrogen (secondary N) is 2. The van der Waals surface area contributed by atoms with Gasteiger partial charge in [0, 0.05) is 12.6 Å². The molecule has 5 aliphatic rings. The quantitative estimate of drug-likeness (QED) is 0.288. The molecule has 4 fully saturated rings. The Morgan fingerprint density at radius 2 is 1.61 bits per heavy atom. The number of carboxylic acid groups (broad SMARTS) is 1. The Morgan fingerprint density at radius 3 is 2.25 bits per heavy atom. The van der Waals surface area contributed by atoms with Crippen molar-refractivity contribution >= 4 is 17.4 Å². The molecule has 6 rings (SSSR count). The largest absolute Gasteiger partial charge is 0.478 e. The first kappa shape index (κ1) is 31.6. The average molecular weight is 601 g/mol. The Bertz CT molecular complexity index is 1380. The maximum absolute atomic E-state index is 12.4. The van der Waals surface area contributed by atoms with Crippen molar-refractivity contribution < 1.29 is 14.7 Å². The van der Waals surface area contributed by atoms with Crippen LogP contribution in [0.3, 0.4) is 0 Å². The number of carbonyl (C=O) groups excluding carboxylic acids is 1. The molecule has 0 radical (unpaired) electrons. The molecule has 9 unspecified atom stereocenters. The molecule has 0 spiro atoms. The summed E-state index contributed by atoms with van der Waals surface area (Å²) in [6.07, 6.45) is 13.4. The smallest absolute Gasteiger partial charge is 0.335 e. The summed E-state index contributed by atoms with van der Waals surface area (Å²) in [6.45, 7) is 20.0. The van der Waals surface area contributed by atoms with Gasteiger partial charge in [0.2, 0.25) is 5.91 Å². The fourth-order valence-electron chi connectivity index (χ4n) is 12.7. The lowest BCUT2D eigenvalue weighted by molar-refractivity contribution is -0.219. The number of hydrogen-bond acceptors (Lipinski definition) is 3. The van der Waals surface area contributed by atoms with Gasteiger partial charge in [-0.2, -0.15) is 0 Å². The van der Waals surface area contributed by atoms with Crippen LogP contribution in [0.5, 0.6) is 0 Å². The van der Waals surface area contributed by atoms with Crippen LogP contribution in [0.15, 0.2) is 42.5 Å². The van der Waals surface area contributed by atoms with Crippen molar-refractivity contribution in [2.45, 2.75) is 105 Å². The summed E-state index contributed by atoms with van der Waals surface area (Å²) in [6, 6.07) is 7.56. The first-order chi connectivity index (χ1) is 20.6. The molecule has 3 N–H and O–H groups in total. The van der Waals surface area contributed by atoms with Crippen molar-refractivity contribution in [1.29, 1.82) is 0 Å². The molecule has 9 atom stereocenters. The van der Waals surface area contributed by atoms with E-state index < -0.39 is 5.97 Å². The summed E-state index contributed by atoms with van der Waals surface area (Å²) >= 11 is 0. The Labute approximate surface area is 265 Å². The zero-order valence-corrected chi connectivity index (χ0v) is 28.3. The van der Waals surface area contributed by atoms with Gasteiger partial charge in [0.25, 0.3) is 0 Å². The minimum atomic E-state index is -0.869. The minimum Gasteiger partial charge on any atom is -0.478 e. The van der Waals surface area contributed by atoms with Crippen LogP contribution in [0.2, 0.25) is 0 Å². The number of carboxylic acids is 1. The molecule has 5 aliphatic carbocycles. The van der Waals surface area contributed by atoms with E-state index in [1.165, 1.54) is 55.2 Å². The molecule has 0 heterocycles. The van der Waals surface area contributed by atoms with E-state index in [2.05, 4.69) is 64.8 Å². The van der Waals surface area contributed by atoms with Crippen LogP contribution in [-0.4, -0.2) is 36.1 Å². The Balaban J connectivity index is 1.34. The molecule has 1 amide bonds. The molecule has 240 valence electrons. The minimum absolute atomic E-state index is 0.0127. The van der Waals surface area contributed by atoms with E-state index in [0.717, 1.165) is 19.3 Å². The zero-order chi connectivity index (χ0) is 31.9. The van der Waals surface area contributed by atoms with Gasteiger partial charge in [-0.15, -0.1) is 0 Å². The number of benzene rings is 1.